The van der Waals surface area contributed by atoms with Gasteiger partial charge in [0.25, 0.3) is 5.56 Å². The van der Waals surface area contributed by atoms with Gasteiger partial charge in [-0.15, -0.1) is 0 Å². The predicted molar refractivity (Wildman–Crippen MR) is 121 cm³/mol. The number of aryl methyl sites for hydroxylation is 3. The summed E-state index contributed by atoms with van der Waals surface area (Å²) in [6.07, 6.45) is 1.58. The fourth-order valence-corrected chi connectivity index (χ4v) is 4.09. The number of aromatic nitrogens is 4. The zero-order valence-corrected chi connectivity index (χ0v) is 18.8. The molecule has 0 spiro atoms. The second kappa shape index (κ2) is 9.93. The number of carbonyl (C=O) groups excluding carboxylic acids is 1. The van der Waals surface area contributed by atoms with Crippen LogP contribution in [-0.2, 0) is 24.3 Å². The third-order valence-corrected chi connectivity index (χ3v) is 6.08. The van der Waals surface area contributed by atoms with Crippen molar-refractivity contribution in [3.63, 3.8) is 0 Å². The summed E-state index contributed by atoms with van der Waals surface area (Å²) in [6, 6.07) is 10.2. The normalized spacial score (nSPS) is 12.3. The highest BCUT2D eigenvalue weighted by molar-refractivity contribution is 7.99. The number of carbonyl (C=O) groups is 1. The molecule has 1 atom stereocenters. The Bertz CT molecular complexity index is 1070. The van der Waals surface area contributed by atoms with Crippen LogP contribution < -0.4 is 10.9 Å². The number of hydrogen-bond acceptors (Lipinski definition) is 5. The molecule has 0 aliphatic carbocycles. The monoisotopic (exact) mass is 427 g/mol. The summed E-state index contributed by atoms with van der Waals surface area (Å²) in [5.41, 5.74) is 2.91. The van der Waals surface area contributed by atoms with Crippen molar-refractivity contribution in [2.75, 3.05) is 5.75 Å². The van der Waals surface area contributed by atoms with Gasteiger partial charge in [0, 0.05) is 19.1 Å². The number of nitrogens with zero attached hydrogens (tertiary/aromatic N) is 4. The van der Waals surface area contributed by atoms with Gasteiger partial charge in [0.1, 0.15) is 5.52 Å². The lowest BCUT2D eigenvalue weighted by Gasteiger charge is -2.14. The fourth-order valence-electron chi connectivity index (χ4n) is 3.26. The van der Waals surface area contributed by atoms with Gasteiger partial charge in [0.05, 0.1) is 11.4 Å². The first kappa shape index (κ1) is 22.1. The zero-order valence-electron chi connectivity index (χ0n) is 18.0. The minimum absolute atomic E-state index is 0.0562. The smallest absolute Gasteiger partial charge is 0.280 e. The van der Waals surface area contributed by atoms with E-state index in [0.717, 1.165) is 17.7 Å². The van der Waals surface area contributed by atoms with Crippen LogP contribution in [0.2, 0.25) is 0 Å². The van der Waals surface area contributed by atoms with Crippen LogP contribution in [0.1, 0.15) is 38.4 Å². The van der Waals surface area contributed by atoms with E-state index in [1.165, 1.54) is 11.8 Å². The molecule has 0 aliphatic heterocycles. The summed E-state index contributed by atoms with van der Waals surface area (Å²) in [6.45, 7) is 8.92. The molecule has 0 fully saturated rings. The van der Waals surface area contributed by atoms with Crippen molar-refractivity contribution in [1.82, 2.24) is 24.6 Å². The molecule has 0 radical (unpaired) electrons. The van der Waals surface area contributed by atoms with Crippen molar-refractivity contribution >= 4 is 28.7 Å². The summed E-state index contributed by atoms with van der Waals surface area (Å²) in [4.78, 5) is 30.4. The van der Waals surface area contributed by atoms with E-state index in [0.29, 0.717) is 35.7 Å². The molecule has 1 aromatic carbocycles. The van der Waals surface area contributed by atoms with Gasteiger partial charge in [0.2, 0.25) is 5.91 Å². The van der Waals surface area contributed by atoms with Crippen LogP contribution in [-0.4, -0.2) is 37.0 Å². The molecule has 7 nitrogen and oxygen atoms in total. The maximum atomic E-state index is 13.4. The first-order valence-corrected chi connectivity index (χ1v) is 11.4. The van der Waals surface area contributed by atoms with Crippen molar-refractivity contribution in [2.45, 2.75) is 64.8 Å². The molecule has 2 heterocycles. The van der Waals surface area contributed by atoms with Gasteiger partial charge in [-0.2, -0.15) is 5.10 Å². The number of hydrogen-bond donors (Lipinski definition) is 1. The molecule has 0 saturated heterocycles. The highest BCUT2D eigenvalue weighted by Gasteiger charge is 2.19. The van der Waals surface area contributed by atoms with Crippen LogP contribution in [0.4, 0.5) is 0 Å². The molecule has 1 N–H and O–H groups in total. The Labute approximate surface area is 180 Å². The first-order chi connectivity index (χ1) is 14.4. The highest BCUT2D eigenvalue weighted by atomic mass is 32.2. The Hall–Kier alpha value is -2.61. The van der Waals surface area contributed by atoms with E-state index in [9.17, 15) is 9.59 Å². The third-order valence-electron chi connectivity index (χ3n) is 5.10. The van der Waals surface area contributed by atoms with Crippen LogP contribution >= 0.6 is 11.8 Å². The molecule has 3 rings (SSSR count). The lowest BCUT2D eigenvalue weighted by Crippen LogP contribution is -2.33. The molecular weight excluding hydrogens is 398 g/mol. The van der Waals surface area contributed by atoms with E-state index in [2.05, 4.69) is 10.4 Å². The summed E-state index contributed by atoms with van der Waals surface area (Å²) in [5.74, 6) is 0.161. The summed E-state index contributed by atoms with van der Waals surface area (Å²) in [5, 5.41) is 7.99. The van der Waals surface area contributed by atoms with Gasteiger partial charge < -0.3 is 5.32 Å². The average molecular weight is 428 g/mol. The molecule has 0 unspecified atom stereocenters. The molecule has 2 aromatic heterocycles. The molecule has 0 saturated carbocycles. The van der Waals surface area contributed by atoms with Crippen LogP contribution in [0.3, 0.4) is 0 Å². The lowest BCUT2D eigenvalue weighted by molar-refractivity contribution is -0.119. The van der Waals surface area contributed by atoms with Crippen LogP contribution in [0, 0.1) is 6.92 Å². The quantitative estimate of drug-likeness (QED) is 0.419. The number of benzene rings is 1. The van der Waals surface area contributed by atoms with Crippen LogP contribution in [0.5, 0.6) is 0 Å². The molecule has 30 heavy (non-hydrogen) atoms. The third kappa shape index (κ3) is 4.92. The largest absolute Gasteiger partial charge is 0.353 e. The molecule has 0 aliphatic rings. The summed E-state index contributed by atoms with van der Waals surface area (Å²) in [7, 11) is 0. The fraction of sp³-hybridized carbons (Fsp3) is 0.455. The molecule has 1 amide bonds. The Balaban J connectivity index is 1.95. The average Bonchev–Trinajstić information content (AvgIpc) is 3.08. The van der Waals surface area contributed by atoms with E-state index in [1.807, 2.05) is 58.0 Å². The molecule has 8 heteroatoms. The molecule has 0 bridgehead atoms. The maximum Gasteiger partial charge on any atom is 0.280 e. The Morgan fingerprint density at radius 3 is 2.63 bits per heavy atom. The summed E-state index contributed by atoms with van der Waals surface area (Å²) >= 11 is 1.30. The summed E-state index contributed by atoms with van der Waals surface area (Å²) < 4.78 is 3.40. The van der Waals surface area contributed by atoms with E-state index in [-0.39, 0.29) is 23.3 Å². The van der Waals surface area contributed by atoms with E-state index in [4.69, 9.17) is 4.98 Å². The van der Waals surface area contributed by atoms with Crippen LogP contribution in [0.25, 0.3) is 11.0 Å². The number of rotatable bonds is 9. The Morgan fingerprint density at radius 1 is 1.23 bits per heavy atom. The van der Waals surface area contributed by atoms with Gasteiger partial charge in [-0.25, -0.2) is 4.98 Å². The van der Waals surface area contributed by atoms with Crippen molar-refractivity contribution in [2.24, 2.45) is 0 Å². The van der Waals surface area contributed by atoms with E-state index in [1.54, 1.807) is 9.25 Å². The second-order valence-electron chi connectivity index (χ2n) is 7.35. The van der Waals surface area contributed by atoms with Gasteiger partial charge in [-0.3, -0.25) is 18.8 Å². The topological polar surface area (TPSA) is 81.8 Å². The van der Waals surface area contributed by atoms with E-state index < -0.39 is 0 Å². The minimum Gasteiger partial charge on any atom is -0.353 e. The number of thioether (sulfide) groups is 1. The first-order valence-electron chi connectivity index (χ1n) is 10.4. The molecule has 160 valence electrons. The van der Waals surface area contributed by atoms with Gasteiger partial charge in [0.15, 0.2) is 10.7 Å². The van der Waals surface area contributed by atoms with Crippen molar-refractivity contribution in [1.29, 1.82) is 0 Å². The number of amides is 1. The van der Waals surface area contributed by atoms with E-state index >= 15 is 0 Å². The van der Waals surface area contributed by atoms with Crippen molar-refractivity contribution in [3.05, 3.63) is 51.9 Å². The van der Waals surface area contributed by atoms with Crippen LogP contribution in [0.15, 0.2) is 40.3 Å². The van der Waals surface area contributed by atoms with Crippen molar-refractivity contribution in [3.8, 4) is 0 Å². The van der Waals surface area contributed by atoms with Gasteiger partial charge in [-0.05, 0) is 39.2 Å². The van der Waals surface area contributed by atoms with Gasteiger partial charge >= 0.3 is 0 Å². The van der Waals surface area contributed by atoms with Gasteiger partial charge in [-0.1, -0.05) is 49.0 Å². The SMILES string of the molecule is CC[C@@H](C)NC(=O)CSc1nc2c(C)nn(CC)c2c(=O)n1CCc1ccccc1. The van der Waals surface area contributed by atoms with Crippen molar-refractivity contribution < 1.29 is 4.79 Å². The number of fused-ring (bicyclic) bond motifs is 1. The maximum absolute atomic E-state index is 13.4. The molecule has 3 aromatic rings. The predicted octanol–water partition coefficient (Wildman–Crippen LogP) is 3.17. The zero-order chi connectivity index (χ0) is 21.7. The molecular formula is C22H29N5O2S. The number of nitrogens with one attached hydrogen (secondary N) is 1. The Morgan fingerprint density at radius 2 is 1.97 bits per heavy atom. The minimum atomic E-state index is -0.108. The lowest BCUT2D eigenvalue weighted by atomic mass is 10.1. The Kier molecular flexibility index (Phi) is 7.31. The highest BCUT2D eigenvalue weighted by Crippen LogP contribution is 2.20. The standard InChI is InChI=1S/C22H29N5O2S/c1-5-15(3)23-18(28)14-30-22-24-19-16(4)25-27(6-2)20(19)21(29)26(22)13-12-17-10-8-7-9-11-17/h7-11,15H,5-6,12-14H2,1-4H3,(H,23,28)/t15-/m1/s1. The second-order valence-corrected chi connectivity index (χ2v) is 8.29.